The van der Waals surface area contributed by atoms with E-state index in [-0.39, 0.29) is 5.91 Å². The van der Waals surface area contributed by atoms with E-state index in [4.69, 9.17) is 0 Å². The van der Waals surface area contributed by atoms with Crippen LogP contribution in [0.5, 0.6) is 0 Å². The summed E-state index contributed by atoms with van der Waals surface area (Å²) in [7, 11) is 0. The highest BCUT2D eigenvalue weighted by Crippen LogP contribution is 2.40. The smallest absolute Gasteiger partial charge is 0.253 e. The first-order valence-electron chi connectivity index (χ1n) is 8.81. The number of anilines is 1. The Morgan fingerprint density at radius 2 is 2.19 bits per heavy atom. The fraction of sp³-hybridized carbons (Fsp3) is 0.238. The van der Waals surface area contributed by atoms with Crippen molar-refractivity contribution in [3.8, 4) is 0 Å². The predicted octanol–water partition coefficient (Wildman–Crippen LogP) is 3.52. The van der Waals surface area contributed by atoms with Gasteiger partial charge in [-0.1, -0.05) is 30.9 Å². The van der Waals surface area contributed by atoms with Gasteiger partial charge < -0.3 is 10.2 Å². The average molecular weight is 346 g/mol. The number of amides is 1. The van der Waals surface area contributed by atoms with Gasteiger partial charge in [0.15, 0.2) is 0 Å². The Kier molecular flexibility index (Phi) is 3.99. The molecule has 2 aliphatic rings. The van der Waals surface area contributed by atoms with Gasteiger partial charge in [-0.3, -0.25) is 9.89 Å². The Morgan fingerprint density at radius 1 is 1.35 bits per heavy atom. The van der Waals surface area contributed by atoms with Gasteiger partial charge in [-0.15, -0.1) is 0 Å². The molecule has 26 heavy (non-hydrogen) atoms. The molecule has 2 N–H and O–H groups in total. The molecule has 1 aromatic heterocycles. The van der Waals surface area contributed by atoms with Crippen LogP contribution in [-0.4, -0.2) is 33.1 Å². The molecule has 5 heteroatoms. The zero-order valence-corrected chi connectivity index (χ0v) is 14.8. The van der Waals surface area contributed by atoms with E-state index in [0.29, 0.717) is 6.54 Å². The lowest BCUT2D eigenvalue weighted by atomic mass is 9.93. The van der Waals surface area contributed by atoms with Gasteiger partial charge in [0.05, 0.1) is 6.20 Å². The number of para-hydroxylation sites is 1. The molecule has 0 bridgehead atoms. The van der Waals surface area contributed by atoms with Crippen molar-refractivity contribution in [3.05, 3.63) is 78.3 Å². The molecule has 1 spiro atoms. The molecule has 2 aromatic rings. The number of carbonyl (C=O) groups is 1. The van der Waals surface area contributed by atoms with Gasteiger partial charge in [0.25, 0.3) is 5.91 Å². The molecule has 5 nitrogen and oxygen atoms in total. The van der Waals surface area contributed by atoms with Crippen LogP contribution in [0.2, 0.25) is 0 Å². The van der Waals surface area contributed by atoms with Gasteiger partial charge in [0.2, 0.25) is 0 Å². The number of aromatic nitrogens is 2. The largest absolute Gasteiger partial charge is 0.371 e. The quantitative estimate of drug-likeness (QED) is 0.833. The molecular formula is C21H22N4O. The van der Waals surface area contributed by atoms with E-state index in [1.54, 1.807) is 12.3 Å². The van der Waals surface area contributed by atoms with Crippen LogP contribution in [0.1, 0.15) is 24.5 Å². The molecule has 3 heterocycles. The van der Waals surface area contributed by atoms with E-state index in [2.05, 4.69) is 28.2 Å². The van der Waals surface area contributed by atoms with E-state index in [1.165, 1.54) is 5.56 Å². The van der Waals surface area contributed by atoms with Gasteiger partial charge >= 0.3 is 0 Å². The summed E-state index contributed by atoms with van der Waals surface area (Å²) in [6, 6.07) is 8.16. The number of aromatic amines is 1. The molecule has 1 fully saturated rings. The Bertz CT molecular complexity index is 883. The lowest BCUT2D eigenvalue weighted by Gasteiger charge is -2.24. The number of nitrogens with zero attached hydrogens (tertiary/aromatic N) is 2. The van der Waals surface area contributed by atoms with Gasteiger partial charge in [0, 0.05) is 36.1 Å². The molecular weight excluding hydrogens is 324 g/mol. The van der Waals surface area contributed by atoms with E-state index in [1.807, 2.05) is 48.4 Å². The number of hydrogen-bond donors (Lipinski definition) is 2. The summed E-state index contributed by atoms with van der Waals surface area (Å²) in [6.07, 6.45) is 10.9. The standard InChI is InChI=1S/C21H22N4O/c1-3-18(9-8-15(2)17-13-22-23-14-17)25-11-10-21(20(25)26)12-16-6-4-5-7-19(16)24-21/h3-9,13-14,24H,1,10-12H2,2H3,(H,22,23)/b15-8+,18-9+. The van der Waals surface area contributed by atoms with Gasteiger partial charge in [-0.25, -0.2) is 0 Å². The van der Waals surface area contributed by atoms with Crippen LogP contribution >= 0.6 is 0 Å². The minimum atomic E-state index is -0.519. The maximum absolute atomic E-state index is 13.2. The zero-order chi connectivity index (χ0) is 18.1. The number of carbonyl (C=O) groups excluding carboxylic acids is 1. The van der Waals surface area contributed by atoms with Gasteiger partial charge in [0.1, 0.15) is 5.54 Å². The molecule has 2 aliphatic heterocycles. The van der Waals surface area contributed by atoms with Crippen LogP contribution in [0.4, 0.5) is 5.69 Å². The molecule has 1 unspecified atom stereocenters. The van der Waals surface area contributed by atoms with Crippen molar-refractivity contribution in [3.63, 3.8) is 0 Å². The molecule has 0 saturated carbocycles. The van der Waals surface area contributed by atoms with Crippen LogP contribution in [0.25, 0.3) is 5.57 Å². The summed E-state index contributed by atoms with van der Waals surface area (Å²) in [5.74, 6) is 0.120. The lowest BCUT2D eigenvalue weighted by Crippen LogP contribution is -2.44. The van der Waals surface area contributed by atoms with Crippen molar-refractivity contribution in [1.29, 1.82) is 0 Å². The lowest BCUT2D eigenvalue weighted by molar-refractivity contribution is -0.129. The number of likely N-dealkylation sites (tertiary alicyclic amines) is 1. The summed E-state index contributed by atoms with van der Waals surface area (Å²) >= 11 is 0. The van der Waals surface area contributed by atoms with Crippen molar-refractivity contribution in [2.45, 2.75) is 25.3 Å². The van der Waals surface area contributed by atoms with E-state index in [9.17, 15) is 4.79 Å². The van der Waals surface area contributed by atoms with Crippen molar-refractivity contribution >= 4 is 17.2 Å². The Labute approximate surface area is 153 Å². The second kappa shape index (κ2) is 6.33. The number of benzene rings is 1. The normalized spacial score (nSPS) is 22.7. The fourth-order valence-electron chi connectivity index (χ4n) is 3.76. The minimum Gasteiger partial charge on any atom is -0.371 e. The molecule has 0 aliphatic carbocycles. The third kappa shape index (κ3) is 2.65. The first-order valence-corrected chi connectivity index (χ1v) is 8.81. The van der Waals surface area contributed by atoms with Crippen molar-refractivity contribution in [2.24, 2.45) is 0 Å². The molecule has 1 atom stereocenters. The molecule has 4 rings (SSSR count). The summed E-state index contributed by atoms with van der Waals surface area (Å²) < 4.78 is 0. The van der Waals surface area contributed by atoms with Crippen molar-refractivity contribution in [1.82, 2.24) is 15.1 Å². The topological polar surface area (TPSA) is 61.0 Å². The predicted molar refractivity (Wildman–Crippen MR) is 103 cm³/mol. The highest BCUT2D eigenvalue weighted by atomic mass is 16.2. The van der Waals surface area contributed by atoms with Gasteiger partial charge in [-0.05, 0) is 42.7 Å². The number of hydrogen-bond acceptors (Lipinski definition) is 3. The number of H-pyrrole nitrogens is 1. The van der Waals surface area contributed by atoms with Crippen LogP contribution in [0.15, 0.2) is 67.2 Å². The fourth-order valence-corrected chi connectivity index (χ4v) is 3.76. The SMILES string of the molecule is C=C/C(=C\C=C(/C)c1cn[nH]c1)N1CCC2(Cc3ccccc3N2)C1=O. The Hall–Kier alpha value is -3.08. The summed E-state index contributed by atoms with van der Waals surface area (Å²) in [6.45, 7) is 6.61. The highest BCUT2D eigenvalue weighted by Gasteiger charge is 2.50. The van der Waals surface area contributed by atoms with Gasteiger partial charge in [-0.2, -0.15) is 5.10 Å². The van der Waals surface area contributed by atoms with E-state index >= 15 is 0 Å². The van der Waals surface area contributed by atoms with E-state index in [0.717, 1.165) is 35.4 Å². The number of fused-ring (bicyclic) bond motifs is 1. The molecule has 1 saturated heterocycles. The third-order valence-corrected chi connectivity index (χ3v) is 5.28. The summed E-state index contributed by atoms with van der Waals surface area (Å²) in [5, 5.41) is 10.3. The average Bonchev–Trinajstić information content (AvgIpc) is 3.37. The third-order valence-electron chi connectivity index (χ3n) is 5.28. The van der Waals surface area contributed by atoms with Crippen LogP contribution in [0, 0.1) is 0 Å². The highest BCUT2D eigenvalue weighted by molar-refractivity contribution is 5.95. The summed E-state index contributed by atoms with van der Waals surface area (Å²) in [5.41, 5.74) is 4.69. The van der Waals surface area contributed by atoms with Crippen LogP contribution in [0.3, 0.4) is 0 Å². The zero-order valence-electron chi connectivity index (χ0n) is 14.8. The Balaban J connectivity index is 1.57. The second-order valence-electron chi connectivity index (χ2n) is 6.88. The molecule has 1 aromatic carbocycles. The number of allylic oxidation sites excluding steroid dienone is 4. The monoisotopic (exact) mass is 346 g/mol. The molecule has 1 amide bonds. The first-order chi connectivity index (χ1) is 12.6. The van der Waals surface area contributed by atoms with Crippen LogP contribution < -0.4 is 5.32 Å². The molecule has 132 valence electrons. The van der Waals surface area contributed by atoms with Crippen molar-refractivity contribution in [2.75, 3.05) is 11.9 Å². The number of nitrogens with one attached hydrogen (secondary N) is 2. The van der Waals surface area contributed by atoms with Crippen molar-refractivity contribution < 1.29 is 4.79 Å². The Morgan fingerprint density at radius 3 is 2.92 bits per heavy atom. The van der Waals surface area contributed by atoms with E-state index < -0.39 is 5.54 Å². The minimum absolute atomic E-state index is 0.120. The maximum atomic E-state index is 13.2. The maximum Gasteiger partial charge on any atom is 0.253 e. The second-order valence-corrected chi connectivity index (χ2v) is 6.88. The first kappa shape index (κ1) is 16.4. The number of rotatable bonds is 4. The van der Waals surface area contributed by atoms with Crippen LogP contribution in [-0.2, 0) is 11.2 Å². The molecule has 0 radical (unpaired) electrons. The summed E-state index contributed by atoms with van der Waals surface area (Å²) in [4.78, 5) is 15.0.